The van der Waals surface area contributed by atoms with E-state index in [2.05, 4.69) is 4.74 Å². The summed E-state index contributed by atoms with van der Waals surface area (Å²) in [5, 5.41) is 0. The van der Waals surface area contributed by atoms with E-state index in [4.69, 9.17) is 4.74 Å². The molecule has 0 atom stereocenters. The highest BCUT2D eigenvalue weighted by Gasteiger charge is 2.32. The second-order valence-electron chi connectivity index (χ2n) is 3.91. The molecule has 0 aliphatic rings. The van der Waals surface area contributed by atoms with Gasteiger partial charge in [-0.1, -0.05) is 30.3 Å². The first kappa shape index (κ1) is 15.0. The van der Waals surface area contributed by atoms with Crippen molar-refractivity contribution in [2.45, 2.75) is 13.0 Å². The van der Waals surface area contributed by atoms with Crippen LogP contribution in [0.5, 0.6) is 11.5 Å². The molecular formula is C14H10F3IO2. The average molecular weight is 394 g/mol. The van der Waals surface area contributed by atoms with E-state index in [9.17, 15) is 13.2 Å². The molecule has 0 unspecified atom stereocenters. The van der Waals surface area contributed by atoms with Gasteiger partial charge in [0.1, 0.15) is 6.61 Å². The van der Waals surface area contributed by atoms with Crippen LogP contribution in [0.1, 0.15) is 5.56 Å². The van der Waals surface area contributed by atoms with Crippen molar-refractivity contribution in [3.8, 4) is 11.5 Å². The van der Waals surface area contributed by atoms with E-state index in [0.29, 0.717) is 3.57 Å². The minimum atomic E-state index is -4.74. The highest BCUT2D eigenvalue weighted by atomic mass is 127. The third kappa shape index (κ3) is 4.59. The molecule has 0 aliphatic carbocycles. The maximum absolute atomic E-state index is 12.3. The van der Waals surface area contributed by atoms with Crippen LogP contribution in [0.4, 0.5) is 13.2 Å². The lowest BCUT2D eigenvalue weighted by atomic mass is 10.2. The van der Waals surface area contributed by atoms with Gasteiger partial charge in [-0.15, -0.1) is 13.2 Å². The van der Waals surface area contributed by atoms with Crippen LogP contribution in [-0.2, 0) is 6.61 Å². The van der Waals surface area contributed by atoms with E-state index >= 15 is 0 Å². The van der Waals surface area contributed by atoms with E-state index in [1.165, 1.54) is 12.1 Å². The molecule has 106 valence electrons. The van der Waals surface area contributed by atoms with Gasteiger partial charge in [-0.25, -0.2) is 0 Å². The first-order valence-electron chi connectivity index (χ1n) is 5.66. The minimum absolute atomic E-state index is 0.0617. The van der Waals surface area contributed by atoms with Crippen LogP contribution in [0, 0.1) is 3.57 Å². The Kier molecular flexibility index (Phi) is 4.74. The van der Waals surface area contributed by atoms with Gasteiger partial charge in [0.15, 0.2) is 11.5 Å². The molecule has 6 heteroatoms. The number of hydrogen-bond acceptors (Lipinski definition) is 2. The van der Waals surface area contributed by atoms with Crippen LogP contribution in [0.3, 0.4) is 0 Å². The Balaban J connectivity index is 2.14. The molecule has 0 saturated carbocycles. The van der Waals surface area contributed by atoms with E-state index in [1.807, 2.05) is 52.9 Å². The Bertz CT molecular complexity index is 570. The molecule has 0 bridgehead atoms. The van der Waals surface area contributed by atoms with Crippen molar-refractivity contribution < 1.29 is 22.6 Å². The Morgan fingerprint density at radius 3 is 2.30 bits per heavy atom. The maximum Gasteiger partial charge on any atom is 0.573 e. The molecule has 0 amide bonds. The summed E-state index contributed by atoms with van der Waals surface area (Å²) in [6, 6.07) is 13.6. The predicted molar refractivity (Wildman–Crippen MR) is 76.6 cm³/mol. The lowest BCUT2D eigenvalue weighted by molar-refractivity contribution is -0.275. The number of ether oxygens (including phenoxy) is 2. The van der Waals surface area contributed by atoms with Gasteiger partial charge < -0.3 is 9.47 Å². The number of halogens is 4. The average Bonchev–Trinajstić information content (AvgIpc) is 2.37. The quantitative estimate of drug-likeness (QED) is 0.696. The van der Waals surface area contributed by atoms with Crippen LogP contribution >= 0.6 is 22.6 Å². The lowest BCUT2D eigenvalue weighted by Crippen LogP contribution is -2.17. The summed E-state index contributed by atoms with van der Waals surface area (Å²) >= 11 is 1.91. The monoisotopic (exact) mass is 394 g/mol. The molecule has 2 nitrogen and oxygen atoms in total. The number of benzene rings is 2. The van der Waals surface area contributed by atoms with Crippen LogP contribution < -0.4 is 9.47 Å². The Morgan fingerprint density at radius 1 is 0.950 bits per heavy atom. The number of hydrogen-bond donors (Lipinski definition) is 0. The molecule has 0 N–H and O–H groups in total. The summed E-state index contributed by atoms with van der Waals surface area (Å²) in [5.41, 5.74) is 0.865. The van der Waals surface area contributed by atoms with Gasteiger partial charge in [0.2, 0.25) is 0 Å². The van der Waals surface area contributed by atoms with Crippen molar-refractivity contribution in [3.05, 3.63) is 57.7 Å². The largest absolute Gasteiger partial charge is 0.573 e. The summed E-state index contributed by atoms with van der Waals surface area (Å²) in [6.45, 7) is 0.176. The first-order valence-corrected chi connectivity index (χ1v) is 6.74. The fourth-order valence-corrected chi connectivity index (χ4v) is 2.00. The van der Waals surface area contributed by atoms with Crippen LogP contribution in [0.25, 0.3) is 0 Å². The highest BCUT2D eigenvalue weighted by molar-refractivity contribution is 14.1. The van der Waals surface area contributed by atoms with Crippen molar-refractivity contribution in [2.24, 2.45) is 0 Å². The zero-order valence-electron chi connectivity index (χ0n) is 10.2. The number of alkyl halides is 3. The third-order valence-corrected chi connectivity index (χ3v) is 3.04. The van der Waals surface area contributed by atoms with Crippen molar-refractivity contribution in [1.29, 1.82) is 0 Å². The Morgan fingerprint density at radius 2 is 1.65 bits per heavy atom. The van der Waals surface area contributed by atoms with Crippen molar-refractivity contribution in [2.75, 3.05) is 0 Å². The molecule has 2 rings (SSSR count). The van der Waals surface area contributed by atoms with E-state index in [0.717, 1.165) is 5.56 Å². The van der Waals surface area contributed by atoms with Gasteiger partial charge in [0, 0.05) is 3.57 Å². The topological polar surface area (TPSA) is 18.5 Å². The molecule has 0 spiro atoms. The molecule has 0 aliphatic heterocycles. The summed E-state index contributed by atoms with van der Waals surface area (Å²) in [6.07, 6.45) is -4.74. The highest BCUT2D eigenvalue weighted by Crippen LogP contribution is 2.34. The Labute approximate surface area is 127 Å². The molecule has 0 fully saturated rings. The van der Waals surface area contributed by atoms with Gasteiger partial charge >= 0.3 is 6.36 Å². The van der Waals surface area contributed by atoms with Crippen LogP contribution in [0.15, 0.2) is 48.5 Å². The van der Waals surface area contributed by atoms with Gasteiger partial charge in [0.05, 0.1) is 0 Å². The smallest absolute Gasteiger partial charge is 0.485 e. The second-order valence-corrected chi connectivity index (χ2v) is 5.16. The van der Waals surface area contributed by atoms with Crippen molar-refractivity contribution >= 4 is 22.6 Å². The van der Waals surface area contributed by atoms with Crippen molar-refractivity contribution in [1.82, 2.24) is 0 Å². The normalized spacial score (nSPS) is 11.2. The van der Waals surface area contributed by atoms with E-state index < -0.39 is 6.36 Å². The molecule has 20 heavy (non-hydrogen) atoms. The molecule has 0 heterocycles. The first-order chi connectivity index (χ1) is 9.44. The van der Waals surface area contributed by atoms with Gasteiger partial charge in [0.25, 0.3) is 0 Å². The standard InChI is InChI=1S/C14H10F3IO2/c15-14(16,17)20-13-8-11(18)6-7-12(13)19-9-10-4-2-1-3-5-10/h1-8H,9H2. The molecule has 2 aromatic rings. The van der Waals surface area contributed by atoms with Gasteiger partial charge in [-0.05, 0) is 46.4 Å². The molecule has 2 aromatic carbocycles. The van der Waals surface area contributed by atoms with Crippen LogP contribution in [-0.4, -0.2) is 6.36 Å². The van der Waals surface area contributed by atoms with Crippen LogP contribution in [0.2, 0.25) is 0 Å². The van der Waals surface area contributed by atoms with Gasteiger partial charge in [-0.2, -0.15) is 0 Å². The summed E-state index contributed by atoms with van der Waals surface area (Å²) in [5.74, 6) is -0.271. The fourth-order valence-electron chi connectivity index (χ4n) is 1.54. The molecule has 0 saturated heterocycles. The number of rotatable bonds is 4. The zero-order chi connectivity index (χ0) is 14.6. The minimum Gasteiger partial charge on any atom is -0.485 e. The van der Waals surface area contributed by atoms with Gasteiger partial charge in [-0.3, -0.25) is 0 Å². The molecular weight excluding hydrogens is 384 g/mol. The second kappa shape index (κ2) is 6.34. The fraction of sp³-hybridized carbons (Fsp3) is 0.143. The summed E-state index contributed by atoms with van der Waals surface area (Å²) < 4.78 is 47.0. The zero-order valence-corrected chi connectivity index (χ0v) is 12.3. The predicted octanol–water partition coefficient (Wildman–Crippen LogP) is 4.77. The van der Waals surface area contributed by atoms with E-state index in [1.54, 1.807) is 6.07 Å². The maximum atomic E-state index is 12.3. The summed E-state index contributed by atoms with van der Waals surface area (Å²) in [7, 11) is 0. The van der Waals surface area contributed by atoms with Crippen molar-refractivity contribution in [3.63, 3.8) is 0 Å². The SMILES string of the molecule is FC(F)(F)Oc1cc(I)ccc1OCc1ccccc1. The summed E-state index contributed by atoms with van der Waals surface area (Å²) in [4.78, 5) is 0. The van der Waals surface area contributed by atoms with E-state index in [-0.39, 0.29) is 18.1 Å². The molecule has 0 radical (unpaired) electrons. The molecule has 0 aromatic heterocycles. The third-order valence-electron chi connectivity index (χ3n) is 2.37. The Hall–Kier alpha value is -1.44. The lowest BCUT2D eigenvalue weighted by Gasteiger charge is -2.14.